The number of halogens is 1. The van der Waals surface area contributed by atoms with Crippen LogP contribution in [-0.2, 0) is 6.42 Å². The fourth-order valence-corrected chi connectivity index (χ4v) is 2.97. The van der Waals surface area contributed by atoms with Crippen LogP contribution in [0.5, 0.6) is 0 Å². The molecule has 2 heteroatoms. The quantitative estimate of drug-likeness (QED) is 0.771. The van der Waals surface area contributed by atoms with Crippen molar-refractivity contribution in [2.45, 2.75) is 26.7 Å². The number of aryl methyl sites for hydroxylation is 3. The van der Waals surface area contributed by atoms with Gasteiger partial charge in [0.15, 0.2) is 0 Å². The van der Waals surface area contributed by atoms with Crippen LogP contribution in [0, 0.1) is 13.8 Å². The minimum Gasteiger partial charge on any atom is -0.385 e. The molecule has 0 amide bonds. The first-order valence-corrected chi connectivity index (χ1v) is 7.17. The second-order valence-electron chi connectivity index (χ2n) is 5.32. The van der Waals surface area contributed by atoms with Gasteiger partial charge in [-0.15, -0.1) is 0 Å². The van der Waals surface area contributed by atoms with Gasteiger partial charge in [0, 0.05) is 22.8 Å². The predicted molar refractivity (Wildman–Crippen MR) is 83.2 cm³/mol. The number of benzene rings is 2. The van der Waals surface area contributed by atoms with E-state index in [0.29, 0.717) is 0 Å². The van der Waals surface area contributed by atoms with Crippen LogP contribution in [0.1, 0.15) is 23.1 Å². The molecule has 0 spiro atoms. The molecule has 0 radical (unpaired) electrons. The number of nitrogens with one attached hydrogen (secondary N) is 1. The molecule has 0 fully saturated rings. The molecule has 19 heavy (non-hydrogen) atoms. The van der Waals surface area contributed by atoms with E-state index in [1.54, 1.807) is 0 Å². The van der Waals surface area contributed by atoms with Crippen molar-refractivity contribution in [2.75, 3.05) is 11.9 Å². The summed E-state index contributed by atoms with van der Waals surface area (Å²) >= 11 is 6.40. The van der Waals surface area contributed by atoms with Gasteiger partial charge < -0.3 is 5.32 Å². The molecule has 2 aromatic rings. The van der Waals surface area contributed by atoms with E-state index in [1.165, 1.54) is 34.4 Å². The number of hydrogen-bond acceptors (Lipinski definition) is 1. The van der Waals surface area contributed by atoms with Gasteiger partial charge in [0.2, 0.25) is 0 Å². The lowest BCUT2D eigenvalue weighted by Gasteiger charge is -2.19. The topological polar surface area (TPSA) is 12.0 Å². The normalized spacial score (nSPS) is 13.8. The van der Waals surface area contributed by atoms with E-state index in [9.17, 15) is 0 Å². The van der Waals surface area contributed by atoms with Gasteiger partial charge in [0.05, 0.1) is 0 Å². The highest BCUT2D eigenvalue weighted by atomic mass is 35.5. The van der Waals surface area contributed by atoms with Crippen LogP contribution in [0.4, 0.5) is 5.69 Å². The van der Waals surface area contributed by atoms with Gasteiger partial charge >= 0.3 is 0 Å². The first-order chi connectivity index (χ1) is 9.15. The van der Waals surface area contributed by atoms with Crippen LogP contribution < -0.4 is 5.32 Å². The minimum atomic E-state index is 0.840. The molecule has 0 bridgehead atoms. The second kappa shape index (κ2) is 4.90. The van der Waals surface area contributed by atoms with E-state index < -0.39 is 0 Å². The van der Waals surface area contributed by atoms with Crippen LogP contribution in [0.25, 0.3) is 11.1 Å². The fourth-order valence-electron chi connectivity index (χ4n) is 2.64. The highest BCUT2D eigenvalue weighted by Gasteiger charge is 2.11. The molecule has 1 nitrogen and oxygen atoms in total. The van der Waals surface area contributed by atoms with Crippen LogP contribution in [0.15, 0.2) is 30.3 Å². The molecular formula is C17H18ClN. The summed E-state index contributed by atoms with van der Waals surface area (Å²) in [4.78, 5) is 0. The molecule has 0 aromatic heterocycles. The van der Waals surface area contributed by atoms with Gasteiger partial charge in [0.1, 0.15) is 0 Å². The maximum Gasteiger partial charge on any atom is 0.0487 e. The highest BCUT2D eigenvalue weighted by Crippen LogP contribution is 2.33. The summed E-state index contributed by atoms with van der Waals surface area (Å²) in [6.45, 7) is 5.31. The van der Waals surface area contributed by atoms with E-state index in [-0.39, 0.29) is 0 Å². The van der Waals surface area contributed by atoms with Crippen LogP contribution in [0.2, 0.25) is 5.02 Å². The average molecular weight is 272 g/mol. The Labute approximate surface area is 119 Å². The fraction of sp³-hybridized carbons (Fsp3) is 0.294. The monoisotopic (exact) mass is 271 g/mol. The predicted octanol–water partition coefficient (Wildman–Crippen LogP) is 4.98. The molecule has 1 N–H and O–H groups in total. The van der Waals surface area contributed by atoms with E-state index in [0.717, 1.165) is 23.6 Å². The molecule has 0 unspecified atom stereocenters. The lowest BCUT2D eigenvalue weighted by molar-refractivity contribution is 0.830. The molecule has 1 heterocycles. The molecule has 1 aliphatic heterocycles. The lowest BCUT2D eigenvalue weighted by atomic mass is 9.95. The molecule has 0 atom stereocenters. The Morgan fingerprint density at radius 3 is 2.68 bits per heavy atom. The number of anilines is 1. The summed E-state index contributed by atoms with van der Waals surface area (Å²) in [5.41, 5.74) is 7.56. The Morgan fingerprint density at radius 1 is 1.05 bits per heavy atom. The third-order valence-corrected chi connectivity index (χ3v) is 4.25. The van der Waals surface area contributed by atoms with Gasteiger partial charge in [-0.05, 0) is 73.2 Å². The molecular weight excluding hydrogens is 254 g/mol. The summed E-state index contributed by atoms with van der Waals surface area (Å²) < 4.78 is 0. The third kappa shape index (κ3) is 2.35. The Hall–Kier alpha value is -1.47. The van der Waals surface area contributed by atoms with Crippen molar-refractivity contribution in [2.24, 2.45) is 0 Å². The van der Waals surface area contributed by atoms with E-state index >= 15 is 0 Å². The van der Waals surface area contributed by atoms with E-state index in [4.69, 9.17) is 11.6 Å². The lowest BCUT2D eigenvalue weighted by Crippen LogP contribution is -2.11. The molecule has 1 aliphatic rings. The Bertz CT molecular complexity index is 631. The summed E-state index contributed by atoms with van der Waals surface area (Å²) in [6.07, 6.45) is 2.36. The van der Waals surface area contributed by atoms with Crippen LogP contribution >= 0.6 is 11.6 Å². The largest absolute Gasteiger partial charge is 0.385 e. The van der Waals surface area contributed by atoms with Crippen molar-refractivity contribution in [3.63, 3.8) is 0 Å². The summed E-state index contributed by atoms with van der Waals surface area (Å²) in [5.74, 6) is 0. The summed E-state index contributed by atoms with van der Waals surface area (Å²) in [7, 11) is 0. The molecule has 2 aromatic carbocycles. The molecule has 0 saturated carbocycles. The van der Waals surface area contributed by atoms with Crippen molar-refractivity contribution in [1.29, 1.82) is 0 Å². The first-order valence-electron chi connectivity index (χ1n) is 6.79. The van der Waals surface area contributed by atoms with Crippen molar-refractivity contribution < 1.29 is 0 Å². The molecule has 0 aliphatic carbocycles. The Kier molecular flexibility index (Phi) is 3.24. The SMILES string of the molecule is Cc1cc(Cl)c(-c2ccc3c(c2)CCCN3)cc1C. The van der Waals surface area contributed by atoms with Gasteiger partial charge in [0.25, 0.3) is 0 Å². The number of fused-ring (bicyclic) bond motifs is 1. The second-order valence-corrected chi connectivity index (χ2v) is 5.73. The molecule has 0 saturated heterocycles. The van der Waals surface area contributed by atoms with E-state index in [1.807, 2.05) is 0 Å². The number of rotatable bonds is 1. The maximum absolute atomic E-state index is 6.40. The minimum absolute atomic E-state index is 0.840. The average Bonchev–Trinajstić information content (AvgIpc) is 2.42. The van der Waals surface area contributed by atoms with Gasteiger partial charge in [-0.3, -0.25) is 0 Å². The Morgan fingerprint density at radius 2 is 1.84 bits per heavy atom. The summed E-state index contributed by atoms with van der Waals surface area (Å²) in [5, 5.41) is 4.28. The number of hydrogen-bond donors (Lipinski definition) is 1. The molecule has 3 rings (SSSR count). The third-order valence-electron chi connectivity index (χ3n) is 3.94. The van der Waals surface area contributed by atoms with Crippen LogP contribution in [0.3, 0.4) is 0 Å². The van der Waals surface area contributed by atoms with Crippen LogP contribution in [-0.4, -0.2) is 6.54 Å². The van der Waals surface area contributed by atoms with Gasteiger partial charge in [-0.2, -0.15) is 0 Å². The zero-order valence-electron chi connectivity index (χ0n) is 11.4. The summed E-state index contributed by atoms with van der Waals surface area (Å²) in [6, 6.07) is 10.9. The molecule has 98 valence electrons. The maximum atomic E-state index is 6.40. The van der Waals surface area contributed by atoms with Gasteiger partial charge in [-0.25, -0.2) is 0 Å². The van der Waals surface area contributed by atoms with Gasteiger partial charge in [-0.1, -0.05) is 17.7 Å². The standard InChI is InChI=1S/C17H18ClN/c1-11-8-15(16(18)9-12(11)2)13-5-6-17-14(10-13)4-3-7-19-17/h5-6,8-10,19H,3-4,7H2,1-2H3. The van der Waals surface area contributed by atoms with Crippen molar-refractivity contribution in [1.82, 2.24) is 0 Å². The van der Waals surface area contributed by atoms with E-state index in [2.05, 4.69) is 49.5 Å². The highest BCUT2D eigenvalue weighted by molar-refractivity contribution is 6.33. The van der Waals surface area contributed by atoms with Crippen molar-refractivity contribution >= 4 is 17.3 Å². The van der Waals surface area contributed by atoms with Crippen molar-refractivity contribution in [3.05, 3.63) is 52.0 Å². The first kappa shape index (κ1) is 12.6. The Balaban J connectivity index is 2.09. The smallest absolute Gasteiger partial charge is 0.0487 e. The van der Waals surface area contributed by atoms with Crippen molar-refractivity contribution in [3.8, 4) is 11.1 Å². The zero-order chi connectivity index (χ0) is 13.4. The zero-order valence-corrected chi connectivity index (χ0v) is 12.1.